The Morgan fingerprint density at radius 3 is 2.90 bits per heavy atom. The molecule has 1 atom stereocenters. The van der Waals surface area contributed by atoms with Gasteiger partial charge in [-0.3, -0.25) is 4.79 Å². The first-order valence-electron chi connectivity index (χ1n) is 6.92. The number of nitrogens with zero attached hydrogens (tertiary/aromatic N) is 5. The van der Waals surface area contributed by atoms with Crippen molar-refractivity contribution in [3.63, 3.8) is 0 Å². The van der Waals surface area contributed by atoms with Gasteiger partial charge in [0.05, 0.1) is 6.04 Å². The summed E-state index contributed by atoms with van der Waals surface area (Å²) < 4.78 is 3.80. The van der Waals surface area contributed by atoms with Crippen LogP contribution < -0.4 is 0 Å². The van der Waals surface area contributed by atoms with E-state index in [9.17, 15) is 4.79 Å². The number of hydrogen-bond donors (Lipinski definition) is 0. The molecule has 1 saturated heterocycles. The Labute approximate surface area is 118 Å². The number of rotatable bonds is 2. The van der Waals surface area contributed by atoms with Gasteiger partial charge in [-0.05, 0) is 31.9 Å². The molecule has 0 aliphatic carbocycles. The van der Waals surface area contributed by atoms with Gasteiger partial charge in [0.2, 0.25) is 0 Å². The highest BCUT2D eigenvalue weighted by Gasteiger charge is 2.27. The Balaban J connectivity index is 1.77. The summed E-state index contributed by atoms with van der Waals surface area (Å²) in [7, 11) is 1.93. The van der Waals surface area contributed by atoms with Crippen molar-refractivity contribution in [2.24, 2.45) is 7.05 Å². The zero-order valence-electron chi connectivity index (χ0n) is 11.9. The van der Waals surface area contributed by atoms with Gasteiger partial charge < -0.3 is 9.47 Å². The average Bonchev–Trinajstić information content (AvgIpc) is 3.10. The standard InChI is InChI=1S/C14H19N5O/c1-11-5-6-13(17(11)2)14(20)18-7-3-4-12(8-18)19-10-15-9-16-19/h5-6,9-10,12H,3-4,7-8H2,1-2H3/t12-/m0/s1. The van der Waals surface area contributed by atoms with Crippen LogP contribution in [0.3, 0.4) is 0 Å². The van der Waals surface area contributed by atoms with Crippen LogP contribution >= 0.6 is 0 Å². The van der Waals surface area contributed by atoms with Crippen molar-refractivity contribution >= 4 is 5.91 Å². The van der Waals surface area contributed by atoms with Crippen molar-refractivity contribution in [3.05, 3.63) is 36.2 Å². The van der Waals surface area contributed by atoms with E-state index >= 15 is 0 Å². The first-order valence-corrected chi connectivity index (χ1v) is 6.92. The maximum Gasteiger partial charge on any atom is 0.270 e. The first kappa shape index (κ1) is 12.9. The highest BCUT2D eigenvalue weighted by molar-refractivity contribution is 5.93. The minimum atomic E-state index is 0.102. The van der Waals surface area contributed by atoms with Crippen LogP contribution in [0.5, 0.6) is 0 Å². The van der Waals surface area contributed by atoms with Crippen molar-refractivity contribution in [1.82, 2.24) is 24.2 Å². The van der Waals surface area contributed by atoms with E-state index in [2.05, 4.69) is 10.1 Å². The molecule has 0 spiro atoms. The van der Waals surface area contributed by atoms with E-state index in [4.69, 9.17) is 0 Å². The van der Waals surface area contributed by atoms with E-state index in [0.717, 1.165) is 30.8 Å². The van der Waals surface area contributed by atoms with Crippen molar-refractivity contribution in [3.8, 4) is 0 Å². The molecule has 1 aliphatic rings. The van der Waals surface area contributed by atoms with Gasteiger partial charge in [0.25, 0.3) is 5.91 Å². The minimum Gasteiger partial charge on any atom is -0.344 e. The monoisotopic (exact) mass is 273 g/mol. The van der Waals surface area contributed by atoms with Crippen LogP contribution in [-0.4, -0.2) is 43.2 Å². The number of aryl methyl sites for hydroxylation is 1. The zero-order valence-corrected chi connectivity index (χ0v) is 11.9. The van der Waals surface area contributed by atoms with E-state index in [-0.39, 0.29) is 11.9 Å². The second-order valence-corrected chi connectivity index (χ2v) is 5.34. The number of amides is 1. The Morgan fingerprint density at radius 2 is 2.25 bits per heavy atom. The second-order valence-electron chi connectivity index (χ2n) is 5.34. The molecular formula is C14H19N5O. The fraction of sp³-hybridized carbons (Fsp3) is 0.500. The summed E-state index contributed by atoms with van der Waals surface area (Å²) in [6.07, 6.45) is 5.31. The molecule has 0 unspecified atom stereocenters. The van der Waals surface area contributed by atoms with Gasteiger partial charge in [-0.25, -0.2) is 9.67 Å². The summed E-state index contributed by atoms with van der Waals surface area (Å²) in [5, 5.41) is 4.19. The third-order valence-corrected chi connectivity index (χ3v) is 4.09. The summed E-state index contributed by atoms with van der Waals surface area (Å²) in [6.45, 7) is 3.52. The van der Waals surface area contributed by atoms with Crippen molar-refractivity contribution in [1.29, 1.82) is 0 Å². The smallest absolute Gasteiger partial charge is 0.270 e. The van der Waals surface area contributed by atoms with E-state index in [1.807, 2.05) is 40.3 Å². The molecule has 2 aromatic rings. The number of hydrogen-bond acceptors (Lipinski definition) is 3. The van der Waals surface area contributed by atoms with Gasteiger partial charge in [-0.1, -0.05) is 0 Å². The highest BCUT2D eigenvalue weighted by atomic mass is 16.2. The third-order valence-electron chi connectivity index (χ3n) is 4.09. The second kappa shape index (κ2) is 5.11. The van der Waals surface area contributed by atoms with E-state index in [1.54, 1.807) is 12.7 Å². The summed E-state index contributed by atoms with van der Waals surface area (Å²) in [5.41, 5.74) is 1.85. The average molecular weight is 273 g/mol. The predicted octanol–water partition coefficient (Wildman–Crippen LogP) is 1.40. The lowest BCUT2D eigenvalue weighted by molar-refractivity contribution is 0.0663. The molecule has 0 N–H and O–H groups in total. The molecule has 1 aliphatic heterocycles. The van der Waals surface area contributed by atoms with Crippen molar-refractivity contribution in [2.45, 2.75) is 25.8 Å². The van der Waals surface area contributed by atoms with Crippen molar-refractivity contribution < 1.29 is 4.79 Å². The van der Waals surface area contributed by atoms with Crippen LogP contribution in [-0.2, 0) is 7.05 Å². The largest absolute Gasteiger partial charge is 0.344 e. The molecular weight excluding hydrogens is 254 g/mol. The third kappa shape index (κ3) is 2.21. The van der Waals surface area contributed by atoms with Crippen LogP contribution in [0.25, 0.3) is 0 Å². The fourth-order valence-corrected chi connectivity index (χ4v) is 2.75. The molecule has 6 heteroatoms. The molecule has 2 aromatic heterocycles. The van der Waals surface area contributed by atoms with Crippen LogP contribution in [0.15, 0.2) is 24.8 Å². The Bertz CT molecular complexity index is 601. The lowest BCUT2D eigenvalue weighted by Crippen LogP contribution is -2.41. The lowest BCUT2D eigenvalue weighted by Gasteiger charge is -2.32. The number of carbonyl (C=O) groups excluding carboxylic acids is 1. The molecule has 3 rings (SSSR count). The lowest BCUT2D eigenvalue weighted by atomic mass is 10.1. The van der Waals surface area contributed by atoms with Gasteiger partial charge in [0.15, 0.2) is 0 Å². The molecule has 0 aromatic carbocycles. The van der Waals surface area contributed by atoms with Gasteiger partial charge in [-0.15, -0.1) is 0 Å². The fourth-order valence-electron chi connectivity index (χ4n) is 2.75. The Hall–Kier alpha value is -2.11. The predicted molar refractivity (Wildman–Crippen MR) is 74.3 cm³/mol. The SMILES string of the molecule is Cc1ccc(C(=O)N2CCC[C@H](n3cncn3)C2)n1C. The normalized spacial score (nSPS) is 19.3. The maximum absolute atomic E-state index is 12.6. The van der Waals surface area contributed by atoms with E-state index < -0.39 is 0 Å². The van der Waals surface area contributed by atoms with Crippen LogP contribution in [0, 0.1) is 6.92 Å². The topological polar surface area (TPSA) is 56.0 Å². The molecule has 6 nitrogen and oxygen atoms in total. The number of carbonyl (C=O) groups is 1. The Morgan fingerprint density at radius 1 is 1.40 bits per heavy atom. The van der Waals surface area contributed by atoms with E-state index in [1.165, 1.54) is 0 Å². The molecule has 0 bridgehead atoms. The highest BCUT2D eigenvalue weighted by Crippen LogP contribution is 2.22. The van der Waals surface area contributed by atoms with Gasteiger partial charge in [0.1, 0.15) is 18.3 Å². The number of piperidine rings is 1. The summed E-state index contributed by atoms with van der Waals surface area (Å²) >= 11 is 0. The zero-order chi connectivity index (χ0) is 14.1. The molecule has 0 saturated carbocycles. The van der Waals surface area contributed by atoms with E-state index in [0.29, 0.717) is 6.54 Å². The molecule has 1 amide bonds. The minimum absolute atomic E-state index is 0.102. The quantitative estimate of drug-likeness (QED) is 0.831. The van der Waals surface area contributed by atoms with Crippen LogP contribution in [0.2, 0.25) is 0 Å². The summed E-state index contributed by atoms with van der Waals surface area (Å²) in [6, 6.07) is 4.11. The molecule has 20 heavy (non-hydrogen) atoms. The van der Waals surface area contributed by atoms with Crippen LogP contribution in [0.1, 0.15) is 35.1 Å². The van der Waals surface area contributed by atoms with Crippen molar-refractivity contribution in [2.75, 3.05) is 13.1 Å². The van der Waals surface area contributed by atoms with Gasteiger partial charge in [0, 0.05) is 25.8 Å². The Kier molecular flexibility index (Phi) is 3.30. The van der Waals surface area contributed by atoms with Gasteiger partial charge in [-0.2, -0.15) is 5.10 Å². The molecule has 1 fully saturated rings. The number of likely N-dealkylation sites (tertiary alicyclic amines) is 1. The summed E-state index contributed by atoms with van der Waals surface area (Å²) in [4.78, 5) is 18.5. The van der Waals surface area contributed by atoms with Crippen LogP contribution in [0.4, 0.5) is 0 Å². The summed E-state index contributed by atoms with van der Waals surface area (Å²) in [5.74, 6) is 0.102. The maximum atomic E-state index is 12.6. The molecule has 106 valence electrons. The van der Waals surface area contributed by atoms with Gasteiger partial charge >= 0.3 is 0 Å². The first-order chi connectivity index (χ1) is 9.66. The molecule has 3 heterocycles. The molecule has 0 radical (unpaired) electrons. The number of aromatic nitrogens is 4.